The minimum atomic E-state index is -1.09. The van der Waals surface area contributed by atoms with Crippen LogP contribution in [0.3, 0.4) is 0 Å². The second-order valence-corrected chi connectivity index (χ2v) is 10.1. The van der Waals surface area contributed by atoms with Crippen LogP contribution in [-0.2, 0) is 14.4 Å². The summed E-state index contributed by atoms with van der Waals surface area (Å²) in [6.45, 7) is 5.43. The predicted octanol–water partition coefficient (Wildman–Crippen LogP) is -0.312. The van der Waals surface area contributed by atoms with Crippen molar-refractivity contribution in [2.24, 2.45) is 5.92 Å². The molecule has 170 valence electrons. The van der Waals surface area contributed by atoms with Crippen molar-refractivity contribution in [3.8, 4) is 0 Å². The molecule has 3 saturated heterocycles. The molecule has 0 bridgehead atoms. The lowest BCUT2D eigenvalue weighted by molar-refractivity contribution is -0.161. The Bertz CT molecular complexity index is 823. The zero-order chi connectivity index (χ0) is 22.3. The molecule has 3 N–H and O–H groups in total. The highest BCUT2D eigenvalue weighted by Gasteiger charge is 2.57. The zero-order valence-corrected chi connectivity index (χ0v) is 18.7. The van der Waals surface area contributed by atoms with E-state index >= 15 is 0 Å². The van der Waals surface area contributed by atoms with Gasteiger partial charge in [-0.2, -0.15) is 0 Å². The van der Waals surface area contributed by atoms with Gasteiger partial charge in [-0.15, -0.1) is 11.8 Å². The first-order chi connectivity index (χ1) is 14.8. The van der Waals surface area contributed by atoms with Crippen molar-refractivity contribution in [1.29, 1.82) is 0 Å². The number of fused-ring (bicyclic) bond motifs is 1. The van der Waals surface area contributed by atoms with Crippen LogP contribution >= 0.6 is 11.8 Å². The molecule has 0 aliphatic carbocycles. The number of likely N-dealkylation sites (N-methyl/N-ethyl adjacent to an activating group) is 1. The Morgan fingerprint density at radius 2 is 2.00 bits per heavy atom. The number of hydrogen-bond acceptors (Lipinski definition) is 7. The number of aliphatic hydroxyl groups is 1. The number of thioether (sulfide) groups is 1. The third kappa shape index (κ3) is 4.26. The molecule has 0 unspecified atom stereocenters. The molecule has 4 aliphatic rings. The summed E-state index contributed by atoms with van der Waals surface area (Å²) >= 11 is 1.53. The van der Waals surface area contributed by atoms with Gasteiger partial charge >= 0.3 is 5.97 Å². The van der Waals surface area contributed by atoms with Crippen molar-refractivity contribution >= 4 is 29.5 Å². The van der Waals surface area contributed by atoms with E-state index in [1.165, 1.54) is 16.7 Å². The van der Waals surface area contributed by atoms with E-state index < -0.39 is 18.0 Å². The van der Waals surface area contributed by atoms with Gasteiger partial charge in [0.05, 0.1) is 18.1 Å². The average molecular weight is 451 g/mol. The Hall–Kier alpha value is -1.88. The molecule has 0 radical (unpaired) electrons. The number of aliphatic hydroxyl groups excluding tert-OH is 1. The molecular formula is C21H30N4O5S. The number of rotatable bonds is 6. The Kier molecular flexibility index (Phi) is 6.43. The number of piperazine rings is 1. The highest BCUT2D eigenvalue weighted by atomic mass is 32.2. The molecule has 9 nitrogen and oxygen atoms in total. The van der Waals surface area contributed by atoms with Crippen molar-refractivity contribution in [3.63, 3.8) is 0 Å². The van der Waals surface area contributed by atoms with Gasteiger partial charge in [-0.25, -0.2) is 4.79 Å². The molecule has 4 rings (SSSR count). The third-order valence-corrected chi connectivity index (χ3v) is 7.97. The maximum atomic E-state index is 12.4. The van der Waals surface area contributed by atoms with Gasteiger partial charge in [0.2, 0.25) is 11.8 Å². The summed E-state index contributed by atoms with van der Waals surface area (Å²) in [4.78, 5) is 42.7. The summed E-state index contributed by atoms with van der Waals surface area (Å²) in [6, 6.07) is -0.143. The van der Waals surface area contributed by atoms with Crippen molar-refractivity contribution in [1.82, 2.24) is 20.0 Å². The molecule has 31 heavy (non-hydrogen) atoms. The first kappa shape index (κ1) is 22.3. The van der Waals surface area contributed by atoms with E-state index in [0.717, 1.165) is 39.1 Å². The average Bonchev–Trinajstić information content (AvgIpc) is 3.24. The van der Waals surface area contributed by atoms with E-state index in [2.05, 4.69) is 10.2 Å². The van der Waals surface area contributed by atoms with E-state index in [9.17, 15) is 24.6 Å². The maximum absolute atomic E-state index is 12.4. The Labute approximate surface area is 186 Å². The zero-order valence-electron chi connectivity index (χ0n) is 17.9. The molecule has 4 heterocycles. The first-order valence-corrected chi connectivity index (χ1v) is 11.7. The Balaban J connectivity index is 1.39. The van der Waals surface area contributed by atoms with Crippen molar-refractivity contribution in [2.45, 2.75) is 43.2 Å². The lowest BCUT2D eigenvalue weighted by Gasteiger charge is -2.44. The van der Waals surface area contributed by atoms with Crippen LogP contribution in [0, 0.1) is 5.92 Å². The van der Waals surface area contributed by atoms with Gasteiger partial charge in [0.15, 0.2) is 0 Å². The Morgan fingerprint density at radius 3 is 2.65 bits per heavy atom. The van der Waals surface area contributed by atoms with E-state index in [0.29, 0.717) is 11.3 Å². The SMILES string of the molecule is C[C@@H](O)[C@H]1C(=O)N2C(C(=O)O)=C(S[C@H]3C[C@@H](C=CC(=O)N4CCNCC4)N(C)C3)C[C@H]12. The van der Waals surface area contributed by atoms with Gasteiger partial charge in [-0.05, 0) is 20.4 Å². The molecular weight excluding hydrogens is 420 g/mol. The quantitative estimate of drug-likeness (QED) is 0.373. The number of carbonyl (C=O) groups is 3. The van der Waals surface area contributed by atoms with Gasteiger partial charge in [-0.3, -0.25) is 14.5 Å². The molecule has 0 aromatic carbocycles. The van der Waals surface area contributed by atoms with Crippen molar-refractivity contribution in [3.05, 3.63) is 22.8 Å². The summed E-state index contributed by atoms with van der Waals surface area (Å²) in [5.74, 6) is -1.88. The fourth-order valence-electron chi connectivity index (χ4n) is 5.01. The highest BCUT2D eigenvalue weighted by Crippen LogP contribution is 2.49. The maximum Gasteiger partial charge on any atom is 0.353 e. The summed E-state index contributed by atoms with van der Waals surface area (Å²) in [5, 5.41) is 23.0. The summed E-state index contributed by atoms with van der Waals surface area (Å²) in [7, 11) is 2.01. The smallest absolute Gasteiger partial charge is 0.353 e. The molecule has 5 atom stereocenters. The van der Waals surface area contributed by atoms with Crippen LogP contribution in [0.15, 0.2) is 22.8 Å². The molecule has 0 aromatic heterocycles. The minimum absolute atomic E-state index is 0.0321. The lowest BCUT2D eigenvalue weighted by atomic mass is 9.83. The lowest BCUT2D eigenvalue weighted by Crippen LogP contribution is -2.61. The summed E-state index contributed by atoms with van der Waals surface area (Å²) in [6.07, 6.45) is 4.12. The largest absolute Gasteiger partial charge is 0.477 e. The number of β-lactam (4-membered cyclic amide) rings is 1. The van der Waals surface area contributed by atoms with Crippen LogP contribution in [0.5, 0.6) is 0 Å². The molecule has 10 heteroatoms. The molecule has 2 amide bonds. The number of carboxylic acid groups (broad SMARTS) is 1. The second kappa shape index (κ2) is 8.93. The van der Waals surface area contributed by atoms with Crippen LogP contribution in [0.1, 0.15) is 19.8 Å². The third-order valence-electron chi connectivity index (χ3n) is 6.65. The minimum Gasteiger partial charge on any atom is -0.477 e. The fraction of sp³-hybridized carbons (Fsp3) is 0.667. The number of carboxylic acids is 1. The van der Waals surface area contributed by atoms with Gasteiger partial charge in [-0.1, -0.05) is 6.08 Å². The summed E-state index contributed by atoms with van der Waals surface area (Å²) in [5.41, 5.74) is 0.0763. The number of hydrogen-bond donors (Lipinski definition) is 3. The van der Waals surface area contributed by atoms with E-state index in [1.54, 1.807) is 13.0 Å². The molecule has 3 fully saturated rings. The van der Waals surface area contributed by atoms with Crippen LogP contribution in [0.25, 0.3) is 0 Å². The van der Waals surface area contributed by atoms with Gasteiger partial charge in [0, 0.05) is 61.4 Å². The predicted molar refractivity (Wildman–Crippen MR) is 116 cm³/mol. The number of amides is 2. The molecule has 0 saturated carbocycles. The molecule has 0 spiro atoms. The van der Waals surface area contributed by atoms with Crippen LogP contribution in [-0.4, -0.2) is 106 Å². The van der Waals surface area contributed by atoms with Gasteiger partial charge in [0.25, 0.3) is 0 Å². The standard InChI is InChI=1S/C21H30N4O5S/c1-12(26)18-15-10-16(19(21(29)30)25(15)20(18)28)31-14-9-13(23(2)11-14)3-4-17(27)24-7-5-22-6-8-24/h3-4,12-15,18,22,26H,5-11H2,1-2H3,(H,29,30)/t12-,13-,14+,15-,18-/m1/s1. The fourth-order valence-corrected chi connectivity index (χ4v) is 6.58. The van der Waals surface area contributed by atoms with Gasteiger partial charge in [0.1, 0.15) is 5.70 Å². The van der Waals surface area contributed by atoms with Crippen LogP contribution in [0.2, 0.25) is 0 Å². The topological polar surface area (TPSA) is 113 Å². The van der Waals surface area contributed by atoms with E-state index in [1.807, 2.05) is 18.0 Å². The van der Waals surface area contributed by atoms with Gasteiger partial charge < -0.3 is 25.3 Å². The normalized spacial score (nSPS) is 32.5. The van der Waals surface area contributed by atoms with Crippen molar-refractivity contribution < 1.29 is 24.6 Å². The first-order valence-electron chi connectivity index (χ1n) is 10.8. The molecule has 0 aromatic rings. The summed E-state index contributed by atoms with van der Waals surface area (Å²) < 4.78 is 0. The molecule has 4 aliphatic heterocycles. The number of carbonyl (C=O) groups excluding carboxylic acids is 2. The number of aliphatic carboxylic acids is 1. The number of nitrogens with one attached hydrogen (secondary N) is 1. The van der Waals surface area contributed by atoms with E-state index in [4.69, 9.17) is 0 Å². The number of nitrogens with zero attached hydrogens (tertiary/aromatic N) is 3. The van der Waals surface area contributed by atoms with E-state index in [-0.39, 0.29) is 34.8 Å². The highest BCUT2D eigenvalue weighted by molar-refractivity contribution is 8.03. The van der Waals surface area contributed by atoms with Crippen molar-refractivity contribution in [2.75, 3.05) is 39.8 Å². The van der Waals surface area contributed by atoms with Crippen LogP contribution in [0.4, 0.5) is 0 Å². The Morgan fingerprint density at radius 1 is 1.29 bits per heavy atom. The second-order valence-electron chi connectivity index (χ2n) is 8.74. The monoisotopic (exact) mass is 450 g/mol. The van der Waals surface area contributed by atoms with Crippen LogP contribution < -0.4 is 5.32 Å². The number of likely N-dealkylation sites (tertiary alicyclic amines) is 1.